The predicted molar refractivity (Wildman–Crippen MR) is 515 cm³/mol. The molecular weight excluding hydrogens is 1780 g/mol. The second kappa shape index (κ2) is 51.0. The number of aromatic nitrogens is 22. The van der Waals surface area contributed by atoms with E-state index in [1.165, 1.54) is 56.2 Å². The number of Topliss-reactive ketones (excluding diaryl/α,β-unsaturated/α-hetero) is 1. The molecule has 1 aliphatic rings. The fourth-order valence-electron chi connectivity index (χ4n) is 13.0. The number of aromatic amines is 2. The van der Waals surface area contributed by atoms with Crippen molar-refractivity contribution >= 4 is 102 Å². The molecule has 137 heavy (non-hydrogen) atoms. The molecule has 0 spiro atoms. The number of nitriles is 1. The SMILES string of the molecule is C/C(=N\O)c1cc(C)c(F)cc1O.CC#CC(=O)CN=CNc1c(C#N)cnn1CCC.CC#Cc1nc(-c2cnn(CCC)c2N)n[nH]1.CC#Cc1nc(-c2cnn(CCN3CCN(c4cc5c(C)noc5cc4F)CC3)c2N)n[nH]1.CC#Cc1nc2c3cnn(CCC)c3ncn2n1.CCCn1ncc(C)c1N=COCC.Cc1cc2c(C)noc2cc1F.Cc1ccc(S(=O)(=O)O)cc1. The Morgan fingerprint density at radius 1 is 0.635 bits per heavy atom. The Bertz CT molecular complexity index is 7150. The van der Waals surface area contributed by atoms with E-state index in [1.807, 2.05) is 69.2 Å². The number of hydrogen-bond donors (Lipinski definition) is 8. The van der Waals surface area contributed by atoms with Gasteiger partial charge < -0.3 is 45.8 Å². The lowest BCUT2D eigenvalue weighted by Crippen LogP contribution is -2.47. The number of nitrogens with one attached hydrogen (secondary N) is 3. The minimum atomic E-state index is -4.02. The van der Waals surface area contributed by atoms with Gasteiger partial charge in [-0.1, -0.05) is 84.5 Å². The minimum Gasteiger partial charge on any atom is -0.507 e. The van der Waals surface area contributed by atoms with E-state index < -0.39 is 15.9 Å². The van der Waals surface area contributed by atoms with Crippen LogP contribution in [0.3, 0.4) is 0 Å². The molecule has 0 atom stereocenters. The molecule has 0 saturated carbocycles. The van der Waals surface area contributed by atoms with Crippen LogP contribution in [0.2, 0.25) is 0 Å². The number of aliphatic imine (C=N–C) groups is 2. The highest BCUT2D eigenvalue weighted by Gasteiger charge is 2.24. The summed E-state index contributed by atoms with van der Waals surface area (Å²) in [4.78, 5) is 40.9. The number of ketones is 1. The first kappa shape index (κ1) is 104. The Hall–Kier alpha value is -16.4. The summed E-state index contributed by atoms with van der Waals surface area (Å²) in [5.74, 6) is 25.3. The lowest BCUT2D eigenvalue weighted by Gasteiger charge is -2.36. The number of ether oxygens (including phenoxy) is 1. The van der Waals surface area contributed by atoms with Crippen LogP contribution in [0.5, 0.6) is 5.75 Å². The van der Waals surface area contributed by atoms with Gasteiger partial charge in [-0.3, -0.25) is 29.4 Å². The van der Waals surface area contributed by atoms with Gasteiger partial charge in [-0.25, -0.2) is 51.1 Å². The maximum atomic E-state index is 14.6. The molecule has 44 heteroatoms. The van der Waals surface area contributed by atoms with E-state index >= 15 is 0 Å². The summed E-state index contributed by atoms with van der Waals surface area (Å²) in [7, 11) is -4.02. The van der Waals surface area contributed by atoms with Gasteiger partial charge >= 0.3 is 0 Å². The molecular formula is C93H108F3N31O9S. The number of oxime groups is 1. The van der Waals surface area contributed by atoms with Crippen molar-refractivity contribution in [3.05, 3.63) is 178 Å². The van der Waals surface area contributed by atoms with Gasteiger partial charge in [0.25, 0.3) is 10.1 Å². The maximum absolute atomic E-state index is 14.6. The molecule has 4 aromatic carbocycles. The number of rotatable bonds is 23. The molecule has 0 radical (unpaired) electrons. The Kier molecular flexibility index (Phi) is 38.9. The van der Waals surface area contributed by atoms with E-state index in [1.54, 1.807) is 103 Å². The van der Waals surface area contributed by atoms with Gasteiger partial charge in [-0.2, -0.15) is 64.3 Å². The molecule has 10 N–H and O–H groups in total. The number of fused-ring (bicyclic) bond motifs is 5. The summed E-state index contributed by atoms with van der Waals surface area (Å²) in [6.07, 6.45) is 16.9. The molecule has 716 valence electrons. The number of nitrogens with two attached hydrogens (primary N) is 2. The van der Waals surface area contributed by atoms with Crippen LogP contribution in [0.4, 0.5) is 42.1 Å². The number of phenolic OH excluding ortho intramolecular Hbond substituents is 1. The van der Waals surface area contributed by atoms with Crippen LogP contribution in [-0.4, -0.2) is 207 Å². The molecule has 0 unspecified atom stereocenters. The zero-order valence-corrected chi connectivity index (χ0v) is 79.6. The zero-order valence-electron chi connectivity index (χ0n) is 78.8. The van der Waals surface area contributed by atoms with E-state index in [9.17, 15) is 31.5 Å². The van der Waals surface area contributed by atoms with Crippen LogP contribution in [0.25, 0.3) is 61.4 Å². The van der Waals surface area contributed by atoms with Crippen molar-refractivity contribution < 1.29 is 55.0 Å². The number of benzene rings is 4. The molecule has 16 rings (SSSR count). The largest absolute Gasteiger partial charge is 0.507 e. The second-order valence-corrected chi connectivity index (χ2v) is 31.5. The van der Waals surface area contributed by atoms with E-state index in [2.05, 4.69) is 180 Å². The van der Waals surface area contributed by atoms with Crippen LogP contribution < -0.4 is 21.7 Å². The van der Waals surface area contributed by atoms with Crippen LogP contribution in [0.15, 0.2) is 127 Å². The van der Waals surface area contributed by atoms with Crippen LogP contribution in [0.1, 0.15) is 157 Å². The number of carbonyl (C=O) groups is 1. The van der Waals surface area contributed by atoms with Crippen molar-refractivity contribution in [3.63, 3.8) is 0 Å². The Morgan fingerprint density at radius 3 is 1.76 bits per heavy atom. The van der Waals surface area contributed by atoms with Gasteiger partial charge in [0, 0.05) is 99.0 Å². The Balaban J connectivity index is 0.000000180. The molecule has 1 aliphatic heterocycles. The highest BCUT2D eigenvalue weighted by molar-refractivity contribution is 7.85. The van der Waals surface area contributed by atoms with Crippen molar-refractivity contribution in [3.8, 4) is 82.0 Å². The first-order valence-corrected chi connectivity index (χ1v) is 44.8. The summed E-state index contributed by atoms with van der Waals surface area (Å²) in [5, 5.41) is 82.1. The van der Waals surface area contributed by atoms with E-state index in [0.29, 0.717) is 111 Å². The molecule has 0 aliphatic carbocycles. The number of aromatic hydroxyl groups is 1. The van der Waals surface area contributed by atoms with Crippen molar-refractivity contribution in [2.24, 2.45) is 15.1 Å². The number of piperazine rings is 1. The van der Waals surface area contributed by atoms with E-state index in [4.69, 9.17) is 40.3 Å². The number of phenols is 1. The average Bonchev–Trinajstić information content (AvgIpc) is 1.64. The summed E-state index contributed by atoms with van der Waals surface area (Å²) < 4.78 is 95.7. The Labute approximate surface area is 788 Å². The van der Waals surface area contributed by atoms with Gasteiger partial charge in [0.15, 0.2) is 46.3 Å². The van der Waals surface area contributed by atoms with E-state index in [0.717, 1.165) is 145 Å². The standard InChI is InChI=1S/C22H24FN9O.C13H15N5O.C12H12N6.C11H14N6.C10H17N3O.C9H10FNO2.C9H8FNO.C7H8O3S/c1-3-4-20-26-22(28-27-20)16-13-25-32(21(16)24)10-7-30-5-8-31(9-6-30)18-11-15-14(2)29-33-19(15)12-17(18)23;1-3-5-12(19)9-15-10-16-13-11(7-14)8-17-18(13)6-4-2;1-3-5-10-15-12-9-7-14-17(6-4-2)11(9)13-8-18(12)16-10;1-3-5-9-14-11(16-15-9)8-7-13-17(6-4-2)10(8)12;1-4-6-13-10(9(3)7-12-13)11-8-14-5-2;1-5-3-7(6(2)11-13)9(12)4-8(5)10;1-5-3-7-6(2)11-12-9(7)4-8(5)10;1-6-2-4-7(5-3-6)11(8,9)10/h11-13H,5-10,24H2,1-2H3,(H,26,27,28);8,10H,4,6,9H2,1-2H3,(H,15,16);7-8H,4,6H2,1-2H3;7H,4,6,12H2,1-2H3,(H,14,15,16);7-8H,4-6H2,1-3H3;3-4,12-13H,1-2H3;3-4H,1-2H3;2-5H,1H3,(H,8,9,10)/b;;;;;11-6+;;. The lowest BCUT2D eigenvalue weighted by molar-refractivity contribution is -0.112. The molecule has 15 aromatic rings. The monoisotopic (exact) mass is 1890 g/mol. The van der Waals surface area contributed by atoms with Crippen LogP contribution in [-0.2, 0) is 52.4 Å². The smallest absolute Gasteiger partial charge is 0.294 e. The highest BCUT2D eigenvalue weighted by atomic mass is 32.2. The lowest BCUT2D eigenvalue weighted by atomic mass is 10.1. The number of anilines is 4. The molecule has 0 bridgehead atoms. The molecule has 11 aromatic heterocycles. The molecule has 12 heterocycles. The molecule has 1 saturated heterocycles. The van der Waals surface area contributed by atoms with Crippen molar-refractivity contribution in [1.82, 2.24) is 114 Å². The second-order valence-electron chi connectivity index (χ2n) is 30.1. The third-order valence-corrected chi connectivity index (χ3v) is 20.8. The van der Waals surface area contributed by atoms with Gasteiger partial charge in [0.2, 0.25) is 23.3 Å². The number of halogens is 3. The number of nitrogen functional groups attached to an aromatic ring is 2. The zero-order chi connectivity index (χ0) is 99.4. The quantitative estimate of drug-likeness (QED) is 0.00561. The van der Waals surface area contributed by atoms with Crippen molar-refractivity contribution in [2.75, 3.05) is 67.6 Å². The fourth-order valence-corrected chi connectivity index (χ4v) is 13.5. The molecule has 1 fully saturated rings. The molecule has 40 nitrogen and oxygen atoms in total. The average molecular weight is 1890 g/mol. The number of carbonyl (C=O) groups excluding carboxylic acids is 1. The third kappa shape index (κ3) is 28.6. The summed E-state index contributed by atoms with van der Waals surface area (Å²) in [6.45, 7) is 37.8. The number of aryl methyl sites for hydroxylation is 10. The van der Waals surface area contributed by atoms with Crippen LogP contribution >= 0.6 is 0 Å². The van der Waals surface area contributed by atoms with Gasteiger partial charge in [-0.15, -0.1) is 5.10 Å². The minimum absolute atomic E-state index is 0.00234. The Morgan fingerprint density at radius 2 is 1.18 bits per heavy atom. The predicted octanol–water partition coefficient (Wildman–Crippen LogP) is 13.7. The summed E-state index contributed by atoms with van der Waals surface area (Å²) in [5.41, 5.74) is 22.5. The van der Waals surface area contributed by atoms with Crippen molar-refractivity contribution in [1.29, 1.82) is 5.26 Å². The third-order valence-electron chi connectivity index (χ3n) is 19.9. The summed E-state index contributed by atoms with van der Waals surface area (Å²) >= 11 is 0. The fraction of sp³-hybridized carbons (Fsp3) is 0.344. The number of hydrogen-bond acceptors (Lipinski definition) is 30. The topological polar surface area (TPSA) is 520 Å². The first-order valence-electron chi connectivity index (χ1n) is 43.3. The normalized spacial score (nSPS) is 11.6. The number of nitrogens with zero attached hydrogens (tertiary/aromatic N) is 26. The number of H-pyrrole nitrogens is 2. The molecule has 0 amide bonds. The van der Waals surface area contributed by atoms with Gasteiger partial charge in [0.05, 0.1) is 94.7 Å². The highest BCUT2D eigenvalue weighted by Crippen LogP contribution is 2.31. The first-order chi connectivity index (χ1) is 65.9. The van der Waals surface area contributed by atoms with Gasteiger partial charge in [-0.05, 0) is 174 Å². The van der Waals surface area contributed by atoms with Crippen LogP contribution in [0, 0.1) is 118 Å². The summed E-state index contributed by atoms with van der Waals surface area (Å²) in [6, 6.07) is 16.8. The van der Waals surface area contributed by atoms with Gasteiger partial charge in [0.1, 0.15) is 65.2 Å². The maximum Gasteiger partial charge on any atom is 0.294 e. The van der Waals surface area contributed by atoms with Crippen molar-refractivity contribution in [2.45, 2.75) is 174 Å². The van der Waals surface area contributed by atoms with E-state index in [-0.39, 0.29) is 40.3 Å².